The average molecular weight is 357 g/mol. The van der Waals surface area contributed by atoms with E-state index < -0.39 is 9.82 Å². The third-order valence-electron chi connectivity index (χ3n) is 2.47. The number of anilines is 2. The molecule has 0 unspecified atom stereocenters. The molecular weight excluding hydrogens is 345 g/mol. The number of amides is 2. The molecule has 1 aromatic rings. The Morgan fingerprint density at radius 1 is 1.24 bits per heavy atom. The highest BCUT2D eigenvalue weighted by atomic mass is 35.6. The summed E-state index contributed by atoms with van der Waals surface area (Å²) in [6, 6.07) is -0.807. The van der Waals surface area contributed by atoms with Crippen molar-refractivity contribution in [3.63, 3.8) is 0 Å². The fraction of sp³-hybridized carbons (Fsp3) is 0.556. The number of aromatic nitrogens is 3. The van der Waals surface area contributed by atoms with Gasteiger partial charge in [-0.2, -0.15) is 15.0 Å². The van der Waals surface area contributed by atoms with Gasteiger partial charge in [-0.3, -0.25) is 5.43 Å². The van der Waals surface area contributed by atoms with Gasteiger partial charge in [0.2, 0.25) is 15.7 Å². The number of primary amides is 1. The van der Waals surface area contributed by atoms with E-state index in [1.807, 2.05) is 4.90 Å². The molecule has 116 valence electrons. The second-order valence-corrected chi connectivity index (χ2v) is 6.28. The summed E-state index contributed by atoms with van der Waals surface area (Å²) in [7, 11) is 0. The molecule has 0 atom stereocenters. The SMILES string of the molecule is NC(=O)NNc1nc(N2CCOCC2)nc(C(Cl)(Cl)Cl)n1. The minimum atomic E-state index is -1.83. The summed E-state index contributed by atoms with van der Waals surface area (Å²) in [6.07, 6.45) is 0. The van der Waals surface area contributed by atoms with Crippen molar-refractivity contribution >= 4 is 52.7 Å². The number of carbonyl (C=O) groups excluding carboxylic acids is 1. The molecule has 0 radical (unpaired) electrons. The number of hydrogen-bond acceptors (Lipinski definition) is 7. The number of urea groups is 1. The number of halogens is 3. The van der Waals surface area contributed by atoms with E-state index in [0.29, 0.717) is 32.3 Å². The van der Waals surface area contributed by atoms with Crippen LogP contribution in [0.2, 0.25) is 0 Å². The summed E-state index contributed by atoms with van der Waals surface area (Å²) in [5.41, 5.74) is 9.51. The van der Waals surface area contributed by atoms with Gasteiger partial charge in [0.15, 0.2) is 5.82 Å². The van der Waals surface area contributed by atoms with Crippen LogP contribution >= 0.6 is 34.8 Å². The van der Waals surface area contributed by atoms with Crippen LogP contribution < -0.4 is 21.5 Å². The Kier molecular flexibility index (Phi) is 5.09. The molecule has 0 spiro atoms. The van der Waals surface area contributed by atoms with Gasteiger partial charge < -0.3 is 15.4 Å². The summed E-state index contributed by atoms with van der Waals surface area (Å²) in [6.45, 7) is 2.26. The molecule has 9 nitrogen and oxygen atoms in total. The Balaban J connectivity index is 2.29. The van der Waals surface area contributed by atoms with Crippen LogP contribution in [0.1, 0.15) is 5.82 Å². The van der Waals surface area contributed by atoms with E-state index in [4.69, 9.17) is 45.3 Å². The van der Waals surface area contributed by atoms with Crippen molar-refractivity contribution in [2.75, 3.05) is 36.6 Å². The molecule has 0 aromatic carbocycles. The molecule has 2 heterocycles. The van der Waals surface area contributed by atoms with Crippen LogP contribution in [0.5, 0.6) is 0 Å². The predicted octanol–water partition coefficient (Wildman–Crippen LogP) is 0.530. The van der Waals surface area contributed by atoms with E-state index in [1.165, 1.54) is 0 Å². The van der Waals surface area contributed by atoms with Crippen LogP contribution in [-0.4, -0.2) is 47.3 Å². The molecule has 1 fully saturated rings. The smallest absolute Gasteiger partial charge is 0.330 e. The predicted molar refractivity (Wildman–Crippen MR) is 78.4 cm³/mol. The molecule has 12 heteroatoms. The van der Waals surface area contributed by atoms with Gasteiger partial charge in [0.05, 0.1) is 13.2 Å². The van der Waals surface area contributed by atoms with Crippen molar-refractivity contribution in [3.05, 3.63) is 5.82 Å². The van der Waals surface area contributed by atoms with Gasteiger partial charge in [-0.25, -0.2) is 10.2 Å². The number of rotatable bonds is 3. The molecule has 4 N–H and O–H groups in total. The number of alkyl halides is 3. The normalized spacial score (nSPS) is 15.7. The van der Waals surface area contributed by atoms with Crippen molar-refractivity contribution < 1.29 is 9.53 Å². The van der Waals surface area contributed by atoms with Crippen molar-refractivity contribution in [1.82, 2.24) is 20.4 Å². The number of morpholine rings is 1. The first-order valence-corrected chi connectivity index (χ1v) is 6.97. The largest absolute Gasteiger partial charge is 0.378 e. The van der Waals surface area contributed by atoms with E-state index in [9.17, 15) is 4.79 Å². The highest BCUT2D eigenvalue weighted by Gasteiger charge is 2.29. The maximum atomic E-state index is 10.7. The molecule has 1 saturated heterocycles. The molecule has 0 bridgehead atoms. The minimum absolute atomic E-state index is 0.00613. The highest BCUT2D eigenvalue weighted by molar-refractivity contribution is 6.66. The van der Waals surface area contributed by atoms with E-state index in [0.717, 1.165) is 0 Å². The molecule has 1 aromatic heterocycles. The number of hydrogen-bond donors (Lipinski definition) is 3. The molecule has 21 heavy (non-hydrogen) atoms. The van der Waals surface area contributed by atoms with Gasteiger partial charge in [-0.15, -0.1) is 0 Å². The monoisotopic (exact) mass is 355 g/mol. The summed E-state index contributed by atoms with van der Waals surface area (Å²) in [4.78, 5) is 24.7. The Morgan fingerprint density at radius 3 is 2.48 bits per heavy atom. The standard InChI is InChI=1S/C9H12Cl3N7O2/c10-9(11,12)5-14-7(18-17-6(13)20)16-8(15-5)19-1-3-21-4-2-19/h1-4H2,(H3,13,17,20)(H,14,15,16,18). The first-order chi connectivity index (χ1) is 9.86. The van der Waals surface area contributed by atoms with E-state index in [-0.39, 0.29) is 11.8 Å². The van der Waals surface area contributed by atoms with Gasteiger partial charge in [-0.1, -0.05) is 34.8 Å². The zero-order chi connectivity index (χ0) is 15.5. The molecular formula is C9H12Cl3N7O2. The minimum Gasteiger partial charge on any atom is -0.378 e. The number of carbonyl (C=O) groups is 1. The fourth-order valence-corrected chi connectivity index (χ4v) is 1.82. The second-order valence-electron chi connectivity index (χ2n) is 3.99. The first kappa shape index (κ1) is 16.1. The highest BCUT2D eigenvalue weighted by Crippen LogP contribution is 2.36. The summed E-state index contributed by atoms with van der Waals surface area (Å²) >= 11 is 17.4. The lowest BCUT2D eigenvalue weighted by Gasteiger charge is -2.27. The van der Waals surface area contributed by atoms with E-state index >= 15 is 0 Å². The first-order valence-electron chi connectivity index (χ1n) is 5.83. The zero-order valence-electron chi connectivity index (χ0n) is 10.6. The van der Waals surface area contributed by atoms with Crippen molar-refractivity contribution in [3.8, 4) is 0 Å². The van der Waals surface area contributed by atoms with Crippen molar-refractivity contribution in [2.24, 2.45) is 5.73 Å². The molecule has 0 saturated carbocycles. The summed E-state index contributed by atoms with van der Waals surface area (Å²) in [5, 5.41) is 0. The summed E-state index contributed by atoms with van der Waals surface area (Å²) in [5.74, 6) is 0.243. The number of nitrogens with two attached hydrogens (primary N) is 1. The van der Waals surface area contributed by atoms with Crippen LogP contribution in [-0.2, 0) is 8.53 Å². The van der Waals surface area contributed by atoms with Crippen LogP contribution in [0.25, 0.3) is 0 Å². The van der Waals surface area contributed by atoms with Gasteiger partial charge in [0.1, 0.15) is 0 Å². The lowest BCUT2D eigenvalue weighted by atomic mass is 10.4. The molecule has 0 aliphatic carbocycles. The number of ether oxygens (including phenoxy) is 1. The van der Waals surface area contributed by atoms with Crippen LogP contribution in [0.4, 0.5) is 16.7 Å². The van der Waals surface area contributed by atoms with E-state index in [1.54, 1.807) is 0 Å². The molecule has 1 aliphatic heterocycles. The number of nitrogens with one attached hydrogen (secondary N) is 2. The Hall–Kier alpha value is -1.29. The van der Waals surface area contributed by atoms with Crippen LogP contribution in [0.3, 0.4) is 0 Å². The van der Waals surface area contributed by atoms with Gasteiger partial charge in [-0.05, 0) is 0 Å². The second kappa shape index (κ2) is 6.65. The third-order valence-corrected chi connectivity index (χ3v) is 2.98. The van der Waals surface area contributed by atoms with Crippen molar-refractivity contribution in [2.45, 2.75) is 3.79 Å². The van der Waals surface area contributed by atoms with Gasteiger partial charge >= 0.3 is 6.03 Å². The Labute approximate surface area is 135 Å². The van der Waals surface area contributed by atoms with Gasteiger partial charge in [0.25, 0.3) is 0 Å². The maximum Gasteiger partial charge on any atom is 0.330 e. The van der Waals surface area contributed by atoms with Crippen LogP contribution in [0.15, 0.2) is 0 Å². The molecule has 2 rings (SSSR count). The molecule has 2 amide bonds. The number of hydrazine groups is 1. The quantitative estimate of drug-likeness (QED) is 0.534. The molecule has 1 aliphatic rings. The lowest BCUT2D eigenvalue weighted by molar-refractivity contribution is 0.122. The topological polar surface area (TPSA) is 118 Å². The maximum absolute atomic E-state index is 10.7. The van der Waals surface area contributed by atoms with Gasteiger partial charge in [0, 0.05) is 13.1 Å². The fourth-order valence-electron chi connectivity index (χ4n) is 1.57. The van der Waals surface area contributed by atoms with E-state index in [2.05, 4.69) is 25.8 Å². The number of nitrogens with zero attached hydrogens (tertiary/aromatic N) is 4. The summed E-state index contributed by atoms with van der Waals surface area (Å²) < 4.78 is 3.42. The third kappa shape index (κ3) is 4.60. The Bertz CT molecular complexity index is 519. The van der Waals surface area contributed by atoms with Crippen LogP contribution in [0, 0.1) is 0 Å². The van der Waals surface area contributed by atoms with Crippen molar-refractivity contribution in [1.29, 1.82) is 0 Å². The zero-order valence-corrected chi connectivity index (χ0v) is 12.9. The Morgan fingerprint density at radius 2 is 1.90 bits per heavy atom. The lowest BCUT2D eigenvalue weighted by Crippen LogP contribution is -2.39. The average Bonchev–Trinajstić information content (AvgIpc) is 2.45.